The van der Waals surface area contributed by atoms with Crippen LogP contribution in [0.15, 0.2) is 95.7 Å². The lowest BCUT2D eigenvalue weighted by atomic mass is 9.91. The van der Waals surface area contributed by atoms with Crippen molar-refractivity contribution in [2.24, 2.45) is 10.9 Å². The molecule has 1 saturated heterocycles. The minimum Gasteiger partial charge on any atom is -0.387 e. The summed E-state index contributed by atoms with van der Waals surface area (Å²) in [5.41, 5.74) is 8.25. The van der Waals surface area contributed by atoms with Gasteiger partial charge in [-0.25, -0.2) is 0 Å². The molecule has 2 aliphatic rings. The number of hydrogen-bond donors (Lipinski definition) is 2. The van der Waals surface area contributed by atoms with E-state index in [2.05, 4.69) is 10.5 Å². The molecular weight excluding hydrogens is 520 g/mol. The van der Waals surface area contributed by atoms with E-state index in [0.717, 1.165) is 5.56 Å². The van der Waals surface area contributed by atoms with Crippen molar-refractivity contribution < 1.29 is 24.0 Å². The van der Waals surface area contributed by atoms with Crippen molar-refractivity contribution >= 4 is 34.9 Å². The normalized spacial score (nSPS) is 20.0. The summed E-state index contributed by atoms with van der Waals surface area (Å²) in [5, 5.41) is 7.17. The fourth-order valence-electron chi connectivity index (χ4n) is 5.19. The van der Waals surface area contributed by atoms with Crippen molar-refractivity contribution in [1.29, 1.82) is 0 Å². The molecule has 0 saturated carbocycles. The Morgan fingerprint density at radius 1 is 1.00 bits per heavy atom. The molecule has 1 fully saturated rings. The average Bonchev–Trinajstić information content (AvgIpc) is 3.60. The van der Waals surface area contributed by atoms with Gasteiger partial charge in [-0.15, -0.1) is 0 Å². The van der Waals surface area contributed by atoms with Crippen LogP contribution in [0, 0.1) is 0 Å². The first-order chi connectivity index (χ1) is 19.7. The van der Waals surface area contributed by atoms with Crippen LogP contribution in [0.4, 0.5) is 5.69 Å². The van der Waals surface area contributed by atoms with E-state index in [0.29, 0.717) is 29.0 Å². The Labute approximate surface area is 237 Å². The molecule has 3 aromatic rings. The maximum absolute atomic E-state index is 13.9. The van der Waals surface area contributed by atoms with Gasteiger partial charge in [0.2, 0.25) is 5.91 Å². The van der Waals surface area contributed by atoms with Crippen LogP contribution in [0.3, 0.4) is 0 Å². The molecule has 3 aromatic carbocycles. The zero-order chi connectivity index (χ0) is 29.1. The number of likely N-dealkylation sites (tertiary alicyclic amines) is 1. The number of anilines is 1. The van der Waals surface area contributed by atoms with E-state index in [9.17, 15) is 19.2 Å². The SMILES string of the molecule is C/C=C(\C)C(=O)Nc1cccc(C2=NOC3(C2)C[C@@H](C(N)=O)N(C(=O)c2ccccc2C(=O)c2ccccc2)C3)c1. The van der Waals surface area contributed by atoms with Crippen LogP contribution in [0.2, 0.25) is 0 Å². The Kier molecular flexibility index (Phi) is 7.52. The molecule has 1 unspecified atom stereocenters. The molecule has 0 aliphatic carbocycles. The summed E-state index contributed by atoms with van der Waals surface area (Å²) in [6, 6.07) is 21.6. The van der Waals surface area contributed by atoms with Gasteiger partial charge in [0.1, 0.15) is 6.04 Å². The Morgan fingerprint density at radius 3 is 2.41 bits per heavy atom. The van der Waals surface area contributed by atoms with E-state index in [1.807, 2.05) is 12.1 Å². The van der Waals surface area contributed by atoms with Crippen molar-refractivity contribution in [2.45, 2.75) is 38.3 Å². The molecule has 5 rings (SSSR count). The van der Waals surface area contributed by atoms with E-state index in [4.69, 9.17) is 10.6 Å². The summed E-state index contributed by atoms with van der Waals surface area (Å²) in [5.74, 6) is -1.64. The number of nitrogens with two attached hydrogens (primary N) is 1. The number of allylic oxidation sites excluding steroid dienone is 1. The second-order valence-electron chi connectivity index (χ2n) is 10.3. The summed E-state index contributed by atoms with van der Waals surface area (Å²) < 4.78 is 0. The Balaban J connectivity index is 1.37. The standard InChI is InChI=1S/C32H30N4O5/c1-3-20(2)30(39)34-23-13-9-12-22(16-23)26-17-32(41-35-26)18-27(29(33)38)36(19-32)31(40)25-15-8-7-14-24(25)28(37)21-10-5-4-6-11-21/h3-16,27H,17-19H2,1-2H3,(H2,33,38)(H,34,39)/b20-3+/t27-,32?/m0/s1. The second-order valence-corrected chi connectivity index (χ2v) is 10.3. The van der Waals surface area contributed by atoms with Gasteiger partial charge in [-0.1, -0.05) is 71.9 Å². The number of hydrogen-bond acceptors (Lipinski definition) is 6. The second kappa shape index (κ2) is 11.2. The molecule has 0 bridgehead atoms. The smallest absolute Gasteiger partial charge is 0.255 e. The topological polar surface area (TPSA) is 131 Å². The highest BCUT2D eigenvalue weighted by Crippen LogP contribution is 2.39. The predicted octanol–water partition coefficient (Wildman–Crippen LogP) is 4.09. The third-order valence-electron chi connectivity index (χ3n) is 7.51. The maximum Gasteiger partial charge on any atom is 0.255 e. The van der Waals surface area contributed by atoms with Crippen LogP contribution in [-0.4, -0.2) is 52.3 Å². The van der Waals surface area contributed by atoms with Crippen molar-refractivity contribution in [3.8, 4) is 0 Å². The minimum atomic E-state index is -0.955. The first-order valence-corrected chi connectivity index (χ1v) is 13.3. The van der Waals surface area contributed by atoms with Gasteiger partial charge in [0.05, 0.1) is 17.8 Å². The van der Waals surface area contributed by atoms with E-state index in [1.165, 1.54) is 4.90 Å². The van der Waals surface area contributed by atoms with Gasteiger partial charge in [0, 0.05) is 40.8 Å². The maximum atomic E-state index is 13.9. The Hall–Kier alpha value is -5.05. The summed E-state index contributed by atoms with van der Waals surface area (Å²) in [4.78, 5) is 59.3. The fraction of sp³-hybridized carbons (Fsp3) is 0.219. The molecule has 2 atom stereocenters. The van der Waals surface area contributed by atoms with Crippen molar-refractivity contribution in [2.75, 3.05) is 11.9 Å². The lowest BCUT2D eigenvalue weighted by Crippen LogP contribution is -2.44. The zero-order valence-electron chi connectivity index (χ0n) is 22.8. The van der Waals surface area contributed by atoms with Crippen LogP contribution >= 0.6 is 0 Å². The monoisotopic (exact) mass is 550 g/mol. The molecule has 0 radical (unpaired) electrons. The molecule has 208 valence electrons. The number of amides is 3. The average molecular weight is 551 g/mol. The first kappa shape index (κ1) is 27.5. The Bertz CT molecular complexity index is 1600. The summed E-state index contributed by atoms with van der Waals surface area (Å²) in [6.07, 6.45) is 2.22. The molecule has 9 heteroatoms. The minimum absolute atomic E-state index is 0.0667. The van der Waals surface area contributed by atoms with E-state index in [-0.39, 0.29) is 35.8 Å². The molecule has 9 nitrogen and oxygen atoms in total. The van der Waals surface area contributed by atoms with Gasteiger partial charge >= 0.3 is 0 Å². The number of ketones is 1. The van der Waals surface area contributed by atoms with Gasteiger partial charge in [-0.05, 0) is 32.0 Å². The molecule has 2 aliphatic heterocycles. The van der Waals surface area contributed by atoms with Gasteiger partial charge in [0.25, 0.3) is 11.8 Å². The van der Waals surface area contributed by atoms with Crippen LogP contribution in [0.1, 0.15) is 58.5 Å². The lowest BCUT2D eigenvalue weighted by molar-refractivity contribution is -0.121. The highest BCUT2D eigenvalue weighted by Gasteiger charge is 2.53. The van der Waals surface area contributed by atoms with Crippen molar-refractivity contribution in [3.05, 3.63) is 113 Å². The van der Waals surface area contributed by atoms with Crippen molar-refractivity contribution in [3.63, 3.8) is 0 Å². The van der Waals surface area contributed by atoms with Crippen LogP contribution in [-0.2, 0) is 14.4 Å². The molecule has 1 spiro atoms. The fourth-order valence-corrected chi connectivity index (χ4v) is 5.19. The predicted molar refractivity (Wildman–Crippen MR) is 154 cm³/mol. The van der Waals surface area contributed by atoms with Crippen LogP contribution in [0.25, 0.3) is 0 Å². The van der Waals surface area contributed by atoms with E-state index in [1.54, 1.807) is 86.7 Å². The lowest BCUT2D eigenvalue weighted by Gasteiger charge is -2.24. The largest absolute Gasteiger partial charge is 0.387 e. The quantitative estimate of drug-likeness (QED) is 0.338. The summed E-state index contributed by atoms with van der Waals surface area (Å²) in [7, 11) is 0. The van der Waals surface area contributed by atoms with Gasteiger partial charge in [-0.2, -0.15) is 0 Å². The Morgan fingerprint density at radius 2 is 1.71 bits per heavy atom. The van der Waals surface area contributed by atoms with Crippen LogP contribution in [0.5, 0.6) is 0 Å². The first-order valence-electron chi connectivity index (χ1n) is 13.3. The summed E-state index contributed by atoms with van der Waals surface area (Å²) in [6.45, 7) is 3.59. The highest BCUT2D eigenvalue weighted by molar-refractivity contribution is 6.15. The van der Waals surface area contributed by atoms with E-state index < -0.39 is 23.5 Å². The number of primary amides is 1. The van der Waals surface area contributed by atoms with Gasteiger partial charge in [0.15, 0.2) is 11.4 Å². The zero-order valence-corrected chi connectivity index (χ0v) is 22.8. The molecule has 3 amide bonds. The van der Waals surface area contributed by atoms with Crippen LogP contribution < -0.4 is 11.1 Å². The summed E-state index contributed by atoms with van der Waals surface area (Å²) >= 11 is 0. The number of nitrogens with one attached hydrogen (secondary N) is 1. The number of nitrogens with zero attached hydrogens (tertiary/aromatic N) is 2. The number of rotatable bonds is 7. The van der Waals surface area contributed by atoms with Crippen molar-refractivity contribution in [1.82, 2.24) is 4.90 Å². The van der Waals surface area contributed by atoms with Gasteiger partial charge < -0.3 is 20.8 Å². The third-order valence-corrected chi connectivity index (χ3v) is 7.51. The molecule has 2 heterocycles. The molecule has 41 heavy (non-hydrogen) atoms. The number of oxime groups is 1. The number of carbonyl (C=O) groups excluding carboxylic acids is 4. The van der Waals surface area contributed by atoms with Gasteiger partial charge in [-0.3, -0.25) is 19.2 Å². The number of benzene rings is 3. The van der Waals surface area contributed by atoms with E-state index >= 15 is 0 Å². The number of carbonyl (C=O) groups is 4. The molecular formula is C32H30N4O5. The molecule has 3 N–H and O–H groups in total. The third kappa shape index (κ3) is 5.51. The highest BCUT2D eigenvalue weighted by atomic mass is 16.7. The molecule has 0 aromatic heterocycles.